The Morgan fingerprint density at radius 1 is 1.00 bits per heavy atom. The smallest absolute Gasteiger partial charge is 0.147 e. The van der Waals surface area contributed by atoms with Crippen molar-refractivity contribution in [3.8, 4) is 0 Å². The van der Waals surface area contributed by atoms with Gasteiger partial charge in [0.25, 0.3) is 0 Å². The molecular formula is C13H18N4. The zero-order valence-corrected chi connectivity index (χ0v) is 10.00. The first-order valence-electron chi connectivity index (χ1n) is 6.65. The van der Waals surface area contributed by atoms with Crippen LogP contribution in [-0.2, 0) is 0 Å². The molecule has 2 unspecified atom stereocenters. The van der Waals surface area contributed by atoms with E-state index in [2.05, 4.69) is 19.8 Å². The number of hydrogen-bond acceptors (Lipinski definition) is 4. The monoisotopic (exact) mass is 230 g/mol. The fourth-order valence-corrected chi connectivity index (χ4v) is 3.41. The molecule has 1 aromatic rings. The number of fused-ring (bicyclic) bond motifs is 1. The average molecular weight is 230 g/mol. The number of rotatable bonds is 2. The van der Waals surface area contributed by atoms with Crippen molar-refractivity contribution in [1.82, 2.24) is 14.9 Å². The van der Waals surface area contributed by atoms with E-state index in [4.69, 9.17) is 0 Å². The summed E-state index contributed by atoms with van der Waals surface area (Å²) in [7, 11) is 0. The molecule has 3 aliphatic rings. The van der Waals surface area contributed by atoms with Crippen LogP contribution in [0.5, 0.6) is 0 Å². The van der Waals surface area contributed by atoms with E-state index in [0.717, 1.165) is 23.7 Å². The zero-order chi connectivity index (χ0) is 11.2. The van der Waals surface area contributed by atoms with Gasteiger partial charge in [0.2, 0.25) is 0 Å². The number of anilines is 1. The molecule has 2 saturated heterocycles. The van der Waals surface area contributed by atoms with Gasteiger partial charge >= 0.3 is 0 Å². The third kappa shape index (κ3) is 1.71. The van der Waals surface area contributed by atoms with Gasteiger partial charge in [-0.2, -0.15) is 0 Å². The topological polar surface area (TPSA) is 32.3 Å². The van der Waals surface area contributed by atoms with Gasteiger partial charge < -0.3 is 4.90 Å². The minimum atomic E-state index is 0.859. The fraction of sp³-hybridized carbons (Fsp3) is 0.692. The lowest BCUT2D eigenvalue weighted by atomic mass is 10.0. The molecule has 3 heterocycles. The molecule has 0 N–H and O–H groups in total. The Morgan fingerprint density at radius 2 is 1.76 bits per heavy atom. The van der Waals surface area contributed by atoms with Crippen molar-refractivity contribution < 1.29 is 0 Å². The van der Waals surface area contributed by atoms with Crippen LogP contribution in [0.2, 0.25) is 0 Å². The molecular weight excluding hydrogens is 212 g/mol. The molecule has 0 amide bonds. The highest BCUT2D eigenvalue weighted by Gasteiger charge is 2.44. The quantitative estimate of drug-likeness (QED) is 0.759. The van der Waals surface area contributed by atoms with Crippen LogP contribution >= 0.6 is 0 Å². The highest BCUT2D eigenvalue weighted by atomic mass is 15.3. The van der Waals surface area contributed by atoms with Gasteiger partial charge in [0.05, 0.1) is 6.20 Å². The van der Waals surface area contributed by atoms with Crippen LogP contribution in [0.15, 0.2) is 18.6 Å². The van der Waals surface area contributed by atoms with Gasteiger partial charge in [0.15, 0.2) is 0 Å². The standard InChI is InChI=1S/C13H18N4/c1-2-12(1)16-6-10-8-17(9-11(10)7-16)13-5-14-3-4-15-13/h3-5,10-12H,1-2,6-9H2. The second-order valence-electron chi connectivity index (χ2n) is 5.67. The SMILES string of the molecule is c1cnc(N2CC3CN(C4CC4)CC3C2)cn1. The largest absolute Gasteiger partial charge is 0.355 e. The van der Waals surface area contributed by atoms with Crippen LogP contribution in [-0.4, -0.2) is 47.1 Å². The normalized spacial score (nSPS) is 33.1. The number of likely N-dealkylation sites (tertiary alicyclic amines) is 1. The first-order chi connectivity index (χ1) is 8.40. The van der Waals surface area contributed by atoms with Gasteiger partial charge in [-0.1, -0.05) is 0 Å². The van der Waals surface area contributed by atoms with Crippen LogP contribution in [0.25, 0.3) is 0 Å². The van der Waals surface area contributed by atoms with Gasteiger partial charge in [0, 0.05) is 44.6 Å². The maximum absolute atomic E-state index is 4.40. The third-order valence-electron chi connectivity index (χ3n) is 4.45. The zero-order valence-electron chi connectivity index (χ0n) is 10.00. The van der Waals surface area contributed by atoms with Crippen LogP contribution in [0.3, 0.4) is 0 Å². The van der Waals surface area contributed by atoms with Crippen LogP contribution in [0.1, 0.15) is 12.8 Å². The molecule has 2 atom stereocenters. The maximum Gasteiger partial charge on any atom is 0.147 e. The summed E-state index contributed by atoms with van der Waals surface area (Å²) in [5, 5.41) is 0. The summed E-state index contributed by atoms with van der Waals surface area (Å²) in [6, 6.07) is 0.936. The van der Waals surface area contributed by atoms with E-state index in [1.54, 1.807) is 12.4 Å². The Hall–Kier alpha value is -1.16. The van der Waals surface area contributed by atoms with Crippen molar-refractivity contribution in [2.45, 2.75) is 18.9 Å². The van der Waals surface area contributed by atoms with Gasteiger partial charge in [-0.3, -0.25) is 9.88 Å². The van der Waals surface area contributed by atoms with Gasteiger partial charge in [0.1, 0.15) is 5.82 Å². The lowest BCUT2D eigenvalue weighted by molar-refractivity contribution is 0.306. The predicted molar refractivity (Wildman–Crippen MR) is 65.8 cm³/mol. The number of aromatic nitrogens is 2. The molecule has 1 saturated carbocycles. The second-order valence-corrected chi connectivity index (χ2v) is 5.67. The van der Waals surface area contributed by atoms with E-state index in [1.165, 1.54) is 39.0 Å². The van der Waals surface area contributed by atoms with Crippen LogP contribution in [0, 0.1) is 11.8 Å². The molecule has 1 aromatic heterocycles. The number of nitrogens with zero attached hydrogens (tertiary/aromatic N) is 4. The van der Waals surface area contributed by atoms with Crippen molar-refractivity contribution >= 4 is 5.82 Å². The minimum absolute atomic E-state index is 0.859. The Morgan fingerprint density at radius 3 is 2.35 bits per heavy atom. The molecule has 4 heteroatoms. The predicted octanol–water partition coefficient (Wildman–Crippen LogP) is 1.01. The Bertz CT molecular complexity index is 389. The van der Waals surface area contributed by atoms with E-state index in [-0.39, 0.29) is 0 Å². The maximum atomic E-state index is 4.40. The van der Waals surface area contributed by atoms with Crippen molar-refractivity contribution in [1.29, 1.82) is 0 Å². The van der Waals surface area contributed by atoms with E-state index in [0.29, 0.717) is 0 Å². The average Bonchev–Trinajstić information content (AvgIpc) is 3.01. The van der Waals surface area contributed by atoms with Gasteiger partial charge in [-0.25, -0.2) is 4.98 Å². The van der Waals surface area contributed by atoms with E-state index < -0.39 is 0 Å². The Labute approximate surface area is 102 Å². The summed E-state index contributed by atoms with van der Waals surface area (Å²) in [4.78, 5) is 13.7. The van der Waals surface area contributed by atoms with Crippen LogP contribution < -0.4 is 4.90 Å². The Balaban J connectivity index is 1.45. The molecule has 17 heavy (non-hydrogen) atoms. The summed E-state index contributed by atoms with van der Waals surface area (Å²) in [5.41, 5.74) is 0. The number of hydrogen-bond donors (Lipinski definition) is 0. The van der Waals surface area contributed by atoms with Gasteiger partial charge in [-0.05, 0) is 24.7 Å². The second kappa shape index (κ2) is 3.67. The lowest BCUT2D eigenvalue weighted by Gasteiger charge is -2.21. The lowest BCUT2D eigenvalue weighted by Crippen LogP contribution is -2.30. The molecule has 4 rings (SSSR count). The van der Waals surface area contributed by atoms with Crippen molar-refractivity contribution in [2.24, 2.45) is 11.8 Å². The highest BCUT2D eigenvalue weighted by Crippen LogP contribution is 2.38. The minimum Gasteiger partial charge on any atom is -0.355 e. The summed E-state index contributed by atoms with van der Waals surface area (Å²) in [5.74, 6) is 2.77. The molecule has 90 valence electrons. The molecule has 4 nitrogen and oxygen atoms in total. The van der Waals surface area contributed by atoms with Gasteiger partial charge in [-0.15, -0.1) is 0 Å². The van der Waals surface area contributed by atoms with E-state index >= 15 is 0 Å². The molecule has 0 spiro atoms. The highest BCUT2D eigenvalue weighted by molar-refractivity contribution is 5.37. The third-order valence-corrected chi connectivity index (χ3v) is 4.45. The van der Waals surface area contributed by atoms with Crippen molar-refractivity contribution in [3.05, 3.63) is 18.6 Å². The summed E-state index contributed by atoms with van der Waals surface area (Å²) in [6.07, 6.45) is 8.30. The van der Waals surface area contributed by atoms with E-state index in [9.17, 15) is 0 Å². The summed E-state index contributed by atoms with van der Waals surface area (Å²) < 4.78 is 0. The Kier molecular flexibility index (Phi) is 2.12. The van der Waals surface area contributed by atoms with E-state index in [1.807, 2.05) is 6.20 Å². The van der Waals surface area contributed by atoms with Crippen molar-refractivity contribution in [3.63, 3.8) is 0 Å². The molecule has 2 aliphatic heterocycles. The van der Waals surface area contributed by atoms with Crippen molar-refractivity contribution in [2.75, 3.05) is 31.1 Å². The first kappa shape index (κ1) is 9.83. The fourth-order valence-electron chi connectivity index (χ4n) is 3.41. The van der Waals surface area contributed by atoms with Crippen LogP contribution in [0.4, 0.5) is 5.82 Å². The molecule has 0 radical (unpaired) electrons. The summed E-state index contributed by atoms with van der Waals surface area (Å²) >= 11 is 0. The molecule has 3 fully saturated rings. The summed E-state index contributed by atoms with van der Waals surface area (Å²) in [6.45, 7) is 4.97. The first-order valence-corrected chi connectivity index (χ1v) is 6.65. The molecule has 0 aromatic carbocycles. The molecule has 0 bridgehead atoms. The molecule has 1 aliphatic carbocycles.